The summed E-state index contributed by atoms with van der Waals surface area (Å²) >= 11 is 0. The molecule has 3 amide bonds. The number of nitrogens with one attached hydrogen (secondary N) is 1. The highest BCUT2D eigenvalue weighted by Gasteiger charge is 2.23. The molecule has 0 radical (unpaired) electrons. The van der Waals surface area contributed by atoms with Crippen LogP contribution in [0.3, 0.4) is 0 Å². The third-order valence-electron chi connectivity index (χ3n) is 4.13. The lowest BCUT2D eigenvalue weighted by Gasteiger charge is -2.32. The van der Waals surface area contributed by atoms with Crippen LogP contribution in [-0.2, 0) is 4.79 Å². The molecule has 7 nitrogen and oxygen atoms in total. The molecular weight excluding hydrogens is 358 g/mol. The van der Waals surface area contributed by atoms with Crippen molar-refractivity contribution in [2.75, 3.05) is 31.5 Å². The third kappa shape index (κ3) is 4.25. The van der Waals surface area contributed by atoms with Crippen molar-refractivity contribution in [3.63, 3.8) is 0 Å². The Kier molecular flexibility index (Phi) is 5.39. The molecule has 0 aliphatic carbocycles. The molecule has 1 aromatic heterocycles. The zero-order valence-corrected chi connectivity index (χ0v) is 14.2. The first-order valence-corrected chi connectivity index (χ1v) is 8.20. The van der Waals surface area contributed by atoms with Gasteiger partial charge in [0.25, 0.3) is 11.8 Å². The summed E-state index contributed by atoms with van der Waals surface area (Å²) in [5.74, 6) is -3.10. The van der Waals surface area contributed by atoms with Crippen LogP contribution >= 0.6 is 0 Å². The maximum absolute atomic E-state index is 13.2. The summed E-state index contributed by atoms with van der Waals surface area (Å²) in [4.78, 5) is 42.8. The van der Waals surface area contributed by atoms with Crippen LogP contribution in [0, 0.1) is 11.6 Å². The number of benzene rings is 1. The van der Waals surface area contributed by atoms with E-state index in [1.54, 1.807) is 9.80 Å². The minimum atomic E-state index is -1.08. The lowest BCUT2D eigenvalue weighted by molar-refractivity contribution is -0.119. The number of amides is 3. The number of rotatable bonds is 4. The number of halogens is 2. The van der Waals surface area contributed by atoms with Gasteiger partial charge in [-0.15, -0.1) is 0 Å². The maximum atomic E-state index is 13.2. The minimum absolute atomic E-state index is 0.0305. The molecule has 1 N–H and O–H groups in total. The summed E-state index contributed by atoms with van der Waals surface area (Å²) in [5, 5.41) is 2.41. The highest BCUT2D eigenvalue weighted by atomic mass is 19.2. The number of hydrogen-bond acceptors (Lipinski definition) is 4. The van der Waals surface area contributed by atoms with E-state index >= 15 is 0 Å². The summed E-state index contributed by atoms with van der Waals surface area (Å²) in [6.07, 6.45) is 0.739. The van der Waals surface area contributed by atoms with Gasteiger partial charge in [0.2, 0.25) is 6.41 Å². The summed E-state index contributed by atoms with van der Waals surface area (Å²) in [6.45, 7) is 1.63. The minimum Gasteiger partial charge on any atom is -0.342 e. The molecule has 0 unspecified atom stereocenters. The van der Waals surface area contributed by atoms with Gasteiger partial charge in [0.1, 0.15) is 11.4 Å². The van der Waals surface area contributed by atoms with Gasteiger partial charge in [-0.2, -0.15) is 0 Å². The van der Waals surface area contributed by atoms with Crippen LogP contribution in [-0.4, -0.2) is 59.2 Å². The van der Waals surface area contributed by atoms with E-state index in [1.165, 1.54) is 24.3 Å². The summed E-state index contributed by atoms with van der Waals surface area (Å²) < 4.78 is 26.2. The molecule has 0 saturated carbocycles. The number of aromatic nitrogens is 1. The molecule has 140 valence electrons. The van der Waals surface area contributed by atoms with Crippen LogP contribution in [0.4, 0.5) is 14.5 Å². The van der Waals surface area contributed by atoms with Gasteiger partial charge in [0, 0.05) is 37.9 Å². The average Bonchev–Trinajstić information content (AvgIpc) is 2.70. The van der Waals surface area contributed by atoms with Gasteiger partial charge in [-0.25, -0.2) is 13.8 Å². The first-order valence-electron chi connectivity index (χ1n) is 8.20. The summed E-state index contributed by atoms with van der Waals surface area (Å²) in [5.41, 5.74) is 0.131. The molecule has 1 saturated heterocycles. The Hall–Kier alpha value is -3.36. The van der Waals surface area contributed by atoms with Crippen molar-refractivity contribution in [3.05, 3.63) is 59.4 Å². The Balaban J connectivity index is 1.71. The van der Waals surface area contributed by atoms with Crippen molar-refractivity contribution in [3.8, 4) is 0 Å². The Labute approximate surface area is 153 Å². The van der Waals surface area contributed by atoms with Crippen LogP contribution < -0.4 is 5.32 Å². The van der Waals surface area contributed by atoms with Crippen molar-refractivity contribution in [2.24, 2.45) is 0 Å². The van der Waals surface area contributed by atoms with Gasteiger partial charge in [-0.1, -0.05) is 6.07 Å². The third-order valence-corrected chi connectivity index (χ3v) is 4.13. The van der Waals surface area contributed by atoms with Gasteiger partial charge in [-0.3, -0.25) is 14.4 Å². The van der Waals surface area contributed by atoms with E-state index < -0.39 is 17.5 Å². The predicted molar refractivity (Wildman–Crippen MR) is 92.1 cm³/mol. The predicted octanol–water partition coefficient (Wildman–Crippen LogP) is 1.53. The number of carbonyl (C=O) groups is 3. The average molecular weight is 374 g/mol. The van der Waals surface area contributed by atoms with Crippen LogP contribution in [0.2, 0.25) is 0 Å². The lowest BCUT2D eigenvalue weighted by atomic mass is 10.2. The fourth-order valence-electron chi connectivity index (χ4n) is 2.64. The Morgan fingerprint density at radius 2 is 1.70 bits per heavy atom. The smallest absolute Gasteiger partial charge is 0.274 e. The molecule has 3 rings (SSSR count). The van der Waals surface area contributed by atoms with Crippen LogP contribution in [0.15, 0.2) is 36.4 Å². The van der Waals surface area contributed by atoms with Gasteiger partial charge in [0.15, 0.2) is 11.6 Å². The normalized spacial score (nSPS) is 14.0. The van der Waals surface area contributed by atoms with Crippen molar-refractivity contribution < 1.29 is 23.2 Å². The van der Waals surface area contributed by atoms with Crippen molar-refractivity contribution in [1.29, 1.82) is 0 Å². The second kappa shape index (κ2) is 7.90. The van der Waals surface area contributed by atoms with Crippen LogP contribution in [0.1, 0.15) is 21.0 Å². The quantitative estimate of drug-likeness (QED) is 0.823. The van der Waals surface area contributed by atoms with Crippen molar-refractivity contribution in [1.82, 2.24) is 14.8 Å². The fourth-order valence-corrected chi connectivity index (χ4v) is 2.64. The standard InChI is InChI=1S/C18H16F2N4O3/c19-13-5-4-12(10-14(13)20)21-17(26)15-2-1-3-16(22-15)18(27)24-8-6-23(11-25)7-9-24/h1-5,10-11H,6-9H2,(H,21,26). The number of piperazine rings is 1. The first kappa shape index (κ1) is 18.4. The van der Waals surface area contributed by atoms with Crippen molar-refractivity contribution >= 4 is 23.9 Å². The first-order chi connectivity index (χ1) is 13.0. The van der Waals surface area contributed by atoms with Gasteiger partial charge in [-0.05, 0) is 24.3 Å². The second-order valence-electron chi connectivity index (χ2n) is 5.92. The molecule has 2 aromatic rings. The number of anilines is 1. The van der Waals surface area contributed by atoms with Crippen LogP contribution in [0.25, 0.3) is 0 Å². The number of hydrogen-bond donors (Lipinski definition) is 1. The molecule has 1 aliphatic heterocycles. The highest BCUT2D eigenvalue weighted by Crippen LogP contribution is 2.14. The topological polar surface area (TPSA) is 82.6 Å². The van der Waals surface area contributed by atoms with Crippen molar-refractivity contribution in [2.45, 2.75) is 0 Å². The number of nitrogens with zero attached hydrogens (tertiary/aromatic N) is 3. The molecule has 1 aromatic carbocycles. The molecule has 0 bridgehead atoms. The zero-order valence-electron chi connectivity index (χ0n) is 14.2. The molecule has 1 aliphatic rings. The van der Waals surface area contributed by atoms with Crippen LogP contribution in [0.5, 0.6) is 0 Å². The summed E-state index contributed by atoms with van der Waals surface area (Å²) in [6, 6.07) is 7.39. The molecular formula is C18H16F2N4O3. The second-order valence-corrected chi connectivity index (χ2v) is 5.92. The zero-order chi connectivity index (χ0) is 19.4. The Morgan fingerprint density at radius 3 is 2.37 bits per heavy atom. The van der Waals surface area contributed by atoms with E-state index in [0.717, 1.165) is 18.5 Å². The van der Waals surface area contributed by atoms with E-state index in [9.17, 15) is 23.2 Å². The number of pyridine rings is 1. The fraction of sp³-hybridized carbons (Fsp3) is 0.222. The van der Waals surface area contributed by atoms with Gasteiger partial charge in [0.05, 0.1) is 0 Å². The molecule has 9 heteroatoms. The highest BCUT2D eigenvalue weighted by molar-refractivity contribution is 6.03. The summed E-state index contributed by atoms with van der Waals surface area (Å²) in [7, 11) is 0. The van der Waals surface area contributed by atoms with Gasteiger partial charge >= 0.3 is 0 Å². The SMILES string of the molecule is O=CN1CCN(C(=O)c2cccc(C(=O)Nc3ccc(F)c(F)c3)n2)CC1. The van der Waals surface area contributed by atoms with E-state index in [1.807, 2.05) is 0 Å². The molecule has 0 atom stereocenters. The van der Waals surface area contributed by atoms with E-state index in [0.29, 0.717) is 26.2 Å². The largest absolute Gasteiger partial charge is 0.342 e. The monoisotopic (exact) mass is 374 g/mol. The molecule has 2 heterocycles. The molecule has 27 heavy (non-hydrogen) atoms. The Morgan fingerprint density at radius 1 is 1.00 bits per heavy atom. The van der Waals surface area contributed by atoms with E-state index in [2.05, 4.69) is 10.3 Å². The number of carbonyl (C=O) groups excluding carboxylic acids is 3. The Bertz CT molecular complexity index is 883. The van der Waals surface area contributed by atoms with Gasteiger partial charge < -0.3 is 15.1 Å². The molecule has 0 spiro atoms. The van der Waals surface area contributed by atoms with E-state index in [-0.39, 0.29) is 23.0 Å². The van der Waals surface area contributed by atoms with E-state index in [4.69, 9.17) is 0 Å². The maximum Gasteiger partial charge on any atom is 0.274 e. The molecule has 1 fully saturated rings. The lowest BCUT2D eigenvalue weighted by Crippen LogP contribution is -2.48.